The molecule has 2 fully saturated rings. The number of rotatable bonds is 7. The van der Waals surface area contributed by atoms with E-state index in [0.29, 0.717) is 6.04 Å². The van der Waals surface area contributed by atoms with Gasteiger partial charge in [0.2, 0.25) is 0 Å². The van der Waals surface area contributed by atoms with E-state index in [1.807, 2.05) is 7.05 Å². The Balaban J connectivity index is 0.00000280. The van der Waals surface area contributed by atoms with E-state index in [0.717, 1.165) is 19.0 Å². The highest BCUT2D eigenvalue weighted by atomic mass is 127. The number of hydrogen-bond acceptors (Lipinski definition) is 3. The van der Waals surface area contributed by atoms with E-state index in [4.69, 9.17) is 0 Å². The van der Waals surface area contributed by atoms with E-state index in [1.165, 1.54) is 76.0 Å². The molecule has 28 heavy (non-hydrogen) atoms. The van der Waals surface area contributed by atoms with Crippen LogP contribution in [0.5, 0.6) is 0 Å². The Morgan fingerprint density at radius 2 is 1.64 bits per heavy atom. The summed E-state index contributed by atoms with van der Waals surface area (Å²) >= 11 is 0. The lowest BCUT2D eigenvalue weighted by Crippen LogP contribution is -2.48. The standard InChI is InChI=1S/C22H37N5.HI/c1-3-12-26-15-10-21(11-16-26)25-22(23-2)24-17-19-6-8-20(9-7-19)18-27-13-4-5-14-27;/h6-9,21H,3-5,10-18H2,1-2H3,(H2,23,24,25);1H. The second-order valence-corrected chi connectivity index (χ2v) is 7.99. The second-order valence-electron chi connectivity index (χ2n) is 7.99. The van der Waals surface area contributed by atoms with Gasteiger partial charge in [0.15, 0.2) is 5.96 Å². The second kappa shape index (κ2) is 12.6. The minimum atomic E-state index is 0. The number of nitrogens with one attached hydrogen (secondary N) is 2. The van der Waals surface area contributed by atoms with Gasteiger partial charge >= 0.3 is 0 Å². The van der Waals surface area contributed by atoms with Gasteiger partial charge in [0.1, 0.15) is 0 Å². The smallest absolute Gasteiger partial charge is 0.191 e. The van der Waals surface area contributed by atoms with Crippen molar-refractivity contribution in [3.8, 4) is 0 Å². The maximum absolute atomic E-state index is 4.41. The summed E-state index contributed by atoms with van der Waals surface area (Å²) < 4.78 is 0. The molecule has 2 aliphatic rings. The van der Waals surface area contributed by atoms with E-state index in [-0.39, 0.29) is 24.0 Å². The highest BCUT2D eigenvalue weighted by Crippen LogP contribution is 2.13. The molecule has 0 bridgehead atoms. The Kier molecular flexibility index (Phi) is 10.6. The molecule has 2 aliphatic heterocycles. The summed E-state index contributed by atoms with van der Waals surface area (Å²) in [5, 5.41) is 7.08. The zero-order valence-electron chi connectivity index (χ0n) is 17.6. The molecule has 0 unspecified atom stereocenters. The average Bonchev–Trinajstić information content (AvgIpc) is 3.21. The van der Waals surface area contributed by atoms with E-state index in [2.05, 4.69) is 56.6 Å². The molecule has 0 atom stereocenters. The zero-order valence-corrected chi connectivity index (χ0v) is 20.0. The van der Waals surface area contributed by atoms with Crippen molar-refractivity contribution >= 4 is 29.9 Å². The molecule has 0 saturated carbocycles. The Bertz CT molecular complexity index is 575. The molecule has 2 saturated heterocycles. The summed E-state index contributed by atoms with van der Waals surface area (Å²) in [6.07, 6.45) is 6.35. The van der Waals surface area contributed by atoms with Crippen LogP contribution >= 0.6 is 24.0 Å². The van der Waals surface area contributed by atoms with Crippen molar-refractivity contribution in [1.82, 2.24) is 20.4 Å². The summed E-state index contributed by atoms with van der Waals surface area (Å²) in [5.74, 6) is 0.921. The first-order chi connectivity index (χ1) is 13.3. The number of benzene rings is 1. The fraction of sp³-hybridized carbons (Fsp3) is 0.682. The molecule has 3 rings (SSSR count). The topological polar surface area (TPSA) is 42.9 Å². The molecule has 1 aromatic rings. The molecular weight excluding hydrogens is 461 g/mol. The van der Waals surface area contributed by atoms with Gasteiger partial charge in [-0.3, -0.25) is 9.89 Å². The van der Waals surface area contributed by atoms with E-state index in [1.54, 1.807) is 0 Å². The SMILES string of the molecule is CCCN1CCC(NC(=NC)NCc2ccc(CN3CCCC3)cc2)CC1.I. The van der Waals surface area contributed by atoms with Gasteiger partial charge in [0.25, 0.3) is 0 Å². The van der Waals surface area contributed by atoms with Gasteiger partial charge in [-0.1, -0.05) is 31.2 Å². The lowest BCUT2D eigenvalue weighted by Gasteiger charge is -2.32. The molecule has 2 N–H and O–H groups in total. The van der Waals surface area contributed by atoms with E-state index in [9.17, 15) is 0 Å². The zero-order chi connectivity index (χ0) is 18.9. The minimum Gasteiger partial charge on any atom is -0.354 e. The molecule has 0 spiro atoms. The quantitative estimate of drug-likeness (QED) is 0.343. The number of nitrogens with zero attached hydrogens (tertiary/aromatic N) is 3. The first-order valence-corrected chi connectivity index (χ1v) is 10.8. The first kappa shape index (κ1) is 23.4. The molecule has 2 heterocycles. The third kappa shape index (κ3) is 7.52. The number of piperidine rings is 1. The third-order valence-electron chi connectivity index (χ3n) is 5.78. The van der Waals surface area contributed by atoms with Crippen LogP contribution in [-0.2, 0) is 13.1 Å². The number of hydrogen-bond donors (Lipinski definition) is 2. The molecule has 6 heteroatoms. The van der Waals surface area contributed by atoms with Crippen LogP contribution in [0.2, 0.25) is 0 Å². The maximum Gasteiger partial charge on any atom is 0.191 e. The minimum absolute atomic E-state index is 0. The van der Waals surface area contributed by atoms with Crippen LogP contribution in [0.3, 0.4) is 0 Å². The fourth-order valence-electron chi connectivity index (χ4n) is 4.15. The van der Waals surface area contributed by atoms with Crippen molar-refractivity contribution in [2.24, 2.45) is 4.99 Å². The van der Waals surface area contributed by atoms with E-state index < -0.39 is 0 Å². The van der Waals surface area contributed by atoms with Gasteiger partial charge in [-0.2, -0.15) is 0 Å². The summed E-state index contributed by atoms with van der Waals surface area (Å²) in [6.45, 7) is 10.3. The predicted octanol–water partition coefficient (Wildman–Crippen LogP) is 3.44. The summed E-state index contributed by atoms with van der Waals surface area (Å²) in [5.41, 5.74) is 2.72. The van der Waals surface area contributed by atoms with Crippen LogP contribution in [0.1, 0.15) is 50.2 Å². The Morgan fingerprint density at radius 1 is 1.00 bits per heavy atom. The fourth-order valence-corrected chi connectivity index (χ4v) is 4.15. The Labute approximate surface area is 188 Å². The number of likely N-dealkylation sites (tertiary alicyclic amines) is 2. The normalized spacial score (nSPS) is 19.4. The average molecular weight is 499 g/mol. The molecule has 1 aromatic carbocycles. The highest BCUT2D eigenvalue weighted by molar-refractivity contribution is 14.0. The summed E-state index contributed by atoms with van der Waals surface area (Å²) in [7, 11) is 1.86. The van der Waals surface area contributed by atoms with Crippen molar-refractivity contribution < 1.29 is 0 Å². The van der Waals surface area contributed by atoms with Gasteiger partial charge < -0.3 is 15.5 Å². The summed E-state index contributed by atoms with van der Waals surface area (Å²) in [4.78, 5) is 9.53. The molecule has 0 aliphatic carbocycles. The van der Waals surface area contributed by atoms with Crippen molar-refractivity contribution in [3.05, 3.63) is 35.4 Å². The summed E-state index contributed by atoms with van der Waals surface area (Å²) in [6, 6.07) is 9.57. The first-order valence-electron chi connectivity index (χ1n) is 10.8. The number of aliphatic imine (C=N–C) groups is 1. The van der Waals surface area contributed by atoms with Crippen LogP contribution in [0.4, 0.5) is 0 Å². The number of halogens is 1. The van der Waals surface area contributed by atoms with Gasteiger partial charge in [-0.05, 0) is 62.9 Å². The monoisotopic (exact) mass is 499 g/mol. The van der Waals surface area contributed by atoms with Crippen molar-refractivity contribution in [2.45, 2.75) is 58.2 Å². The lowest BCUT2D eigenvalue weighted by molar-refractivity contribution is 0.206. The van der Waals surface area contributed by atoms with E-state index >= 15 is 0 Å². The van der Waals surface area contributed by atoms with Crippen molar-refractivity contribution in [3.63, 3.8) is 0 Å². The van der Waals surface area contributed by atoms with Gasteiger partial charge in [0.05, 0.1) is 0 Å². The Hall–Kier alpha value is -0.860. The maximum atomic E-state index is 4.41. The largest absolute Gasteiger partial charge is 0.354 e. The van der Waals surface area contributed by atoms with Gasteiger partial charge in [0, 0.05) is 39.3 Å². The van der Waals surface area contributed by atoms with Crippen LogP contribution in [0, 0.1) is 0 Å². The molecule has 0 aromatic heterocycles. The van der Waals surface area contributed by atoms with Crippen LogP contribution < -0.4 is 10.6 Å². The molecule has 158 valence electrons. The predicted molar refractivity (Wildman–Crippen MR) is 129 cm³/mol. The lowest BCUT2D eigenvalue weighted by atomic mass is 10.1. The van der Waals surface area contributed by atoms with Crippen LogP contribution in [0.25, 0.3) is 0 Å². The Morgan fingerprint density at radius 3 is 2.25 bits per heavy atom. The highest BCUT2D eigenvalue weighted by Gasteiger charge is 2.19. The van der Waals surface area contributed by atoms with Crippen LogP contribution in [-0.4, -0.2) is 61.6 Å². The van der Waals surface area contributed by atoms with Crippen LogP contribution in [0.15, 0.2) is 29.3 Å². The van der Waals surface area contributed by atoms with Gasteiger partial charge in [-0.15, -0.1) is 24.0 Å². The number of guanidine groups is 1. The molecular formula is C22H38IN5. The molecule has 0 radical (unpaired) electrons. The third-order valence-corrected chi connectivity index (χ3v) is 5.78. The van der Waals surface area contributed by atoms with Crippen molar-refractivity contribution in [1.29, 1.82) is 0 Å². The molecule has 5 nitrogen and oxygen atoms in total. The van der Waals surface area contributed by atoms with Gasteiger partial charge in [-0.25, -0.2) is 0 Å². The molecule has 0 amide bonds. The van der Waals surface area contributed by atoms with Crippen molar-refractivity contribution in [2.75, 3.05) is 39.8 Å².